The van der Waals surface area contributed by atoms with E-state index in [1.807, 2.05) is 48.0 Å². The lowest BCUT2D eigenvalue weighted by Crippen LogP contribution is -2.31. The summed E-state index contributed by atoms with van der Waals surface area (Å²) in [5.74, 6) is 1.12. The van der Waals surface area contributed by atoms with Crippen LogP contribution in [0.1, 0.15) is 17.0 Å². The SMILES string of the molecule is COc1nc(C2=NCCON2)ccc1-n1cnc(C)c1.Cc1ccc2occc2c1. The Morgan fingerprint density at radius 2 is 2.03 bits per heavy atom. The number of aryl methyl sites for hydroxylation is 2. The van der Waals surface area contributed by atoms with Gasteiger partial charge in [-0.25, -0.2) is 15.4 Å². The first-order chi connectivity index (χ1) is 14.6. The lowest BCUT2D eigenvalue weighted by molar-refractivity contribution is 0.0824. The van der Waals surface area contributed by atoms with E-state index in [1.165, 1.54) is 10.9 Å². The molecule has 5 rings (SSSR count). The van der Waals surface area contributed by atoms with Crippen molar-refractivity contribution in [2.75, 3.05) is 20.3 Å². The highest BCUT2D eigenvalue weighted by atomic mass is 16.6. The van der Waals surface area contributed by atoms with Crippen molar-refractivity contribution in [3.63, 3.8) is 0 Å². The Balaban J connectivity index is 0.000000181. The molecule has 0 bridgehead atoms. The molecule has 1 aliphatic heterocycles. The number of pyridine rings is 1. The zero-order valence-corrected chi connectivity index (χ0v) is 17.1. The summed E-state index contributed by atoms with van der Waals surface area (Å²) < 4.78 is 12.4. The molecule has 4 aromatic rings. The number of benzene rings is 1. The van der Waals surface area contributed by atoms with Crippen molar-refractivity contribution in [2.45, 2.75) is 13.8 Å². The van der Waals surface area contributed by atoms with E-state index in [-0.39, 0.29) is 0 Å². The molecule has 1 aromatic carbocycles. The van der Waals surface area contributed by atoms with Gasteiger partial charge < -0.3 is 13.7 Å². The molecule has 0 amide bonds. The van der Waals surface area contributed by atoms with Crippen LogP contribution in [0, 0.1) is 13.8 Å². The third-order valence-corrected chi connectivity index (χ3v) is 4.51. The predicted molar refractivity (Wildman–Crippen MR) is 114 cm³/mol. The van der Waals surface area contributed by atoms with Crippen LogP contribution in [0.15, 0.2) is 64.6 Å². The van der Waals surface area contributed by atoms with Crippen molar-refractivity contribution in [2.24, 2.45) is 4.99 Å². The monoisotopic (exact) mass is 405 g/mol. The Morgan fingerprint density at radius 1 is 1.13 bits per heavy atom. The van der Waals surface area contributed by atoms with Crippen LogP contribution in [-0.4, -0.2) is 40.6 Å². The third-order valence-electron chi connectivity index (χ3n) is 4.51. The number of rotatable bonds is 3. The van der Waals surface area contributed by atoms with Crippen LogP contribution in [0.25, 0.3) is 16.7 Å². The van der Waals surface area contributed by atoms with Gasteiger partial charge in [-0.15, -0.1) is 0 Å². The Bertz CT molecular complexity index is 1180. The van der Waals surface area contributed by atoms with Gasteiger partial charge in [0.15, 0.2) is 5.84 Å². The molecule has 0 saturated carbocycles. The number of hydrogen-bond acceptors (Lipinski definition) is 7. The maximum atomic E-state index is 5.36. The number of nitrogens with one attached hydrogen (secondary N) is 1. The van der Waals surface area contributed by atoms with Crippen molar-refractivity contribution in [1.82, 2.24) is 20.0 Å². The smallest absolute Gasteiger partial charge is 0.238 e. The molecule has 1 aliphatic rings. The largest absolute Gasteiger partial charge is 0.479 e. The molecular formula is C22H23N5O3. The minimum absolute atomic E-state index is 0.509. The van der Waals surface area contributed by atoms with Gasteiger partial charge in [0, 0.05) is 11.6 Å². The zero-order chi connectivity index (χ0) is 20.9. The number of amidine groups is 1. The summed E-state index contributed by atoms with van der Waals surface area (Å²) in [5, 5.41) is 1.18. The molecule has 154 valence electrons. The molecule has 0 spiro atoms. The minimum Gasteiger partial charge on any atom is -0.479 e. The number of aliphatic imine (C=N–C) groups is 1. The second-order valence-corrected chi connectivity index (χ2v) is 6.79. The van der Waals surface area contributed by atoms with Gasteiger partial charge in [0.05, 0.1) is 38.5 Å². The first-order valence-electron chi connectivity index (χ1n) is 9.56. The van der Waals surface area contributed by atoms with Gasteiger partial charge >= 0.3 is 0 Å². The molecule has 4 heterocycles. The quantitative estimate of drug-likeness (QED) is 0.560. The zero-order valence-electron chi connectivity index (χ0n) is 17.1. The van der Waals surface area contributed by atoms with Gasteiger partial charge in [-0.3, -0.25) is 9.83 Å². The van der Waals surface area contributed by atoms with Gasteiger partial charge in [0.2, 0.25) is 5.88 Å². The van der Waals surface area contributed by atoms with Crippen LogP contribution in [0.2, 0.25) is 0 Å². The molecule has 30 heavy (non-hydrogen) atoms. The number of imidazole rings is 1. The van der Waals surface area contributed by atoms with Crippen LogP contribution in [-0.2, 0) is 4.84 Å². The first-order valence-corrected chi connectivity index (χ1v) is 9.56. The average molecular weight is 405 g/mol. The second kappa shape index (κ2) is 8.79. The molecule has 3 aromatic heterocycles. The number of nitrogens with zero attached hydrogens (tertiary/aromatic N) is 4. The van der Waals surface area contributed by atoms with E-state index in [4.69, 9.17) is 14.0 Å². The number of ether oxygens (including phenoxy) is 1. The van der Waals surface area contributed by atoms with Crippen molar-refractivity contribution < 1.29 is 14.0 Å². The highest BCUT2D eigenvalue weighted by Crippen LogP contribution is 2.21. The summed E-state index contributed by atoms with van der Waals surface area (Å²) in [7, 11) is 1.59. The van der Waals surface area contributed by atoms with Crippen LogP contribution in [0.5, 0.6) is 5.88 Å². The Morgan fingerprint density at radius 3 is 2.77 bits per heavy atom. The van der Waals surface area contributed by atoms with Crippen molar-refractivity contribution in [3.8, 4) is 11.6 Å². The Hall–Kier alpha value is -3.65. The number of fused-ring (bicyclic) bond motifs is 1. The molecule has 0 saturated heterocycles. The van der Waals surface area contributed by atoms with Crippen molar-refractivity contribution in [3.05, 3.63) is 72.1 Å². The van der Waals surface area contributed by atoms with E-state index in [0.29, 0.717) is 30.6 Å². The maximum absolute atomic E-state index is 5.36. The summed E-state index contributed by atoms with van der Waals surface area (Å²) in [6.07, 6.45) is 5.36. The number of methoxy groups -OCH3 is 1. The summed E-state index contributed by atoms with van der Waals surface area (Å²) in [4.78, 5) is 18.1. The summed E-state index contributed by atoms with van der Waals surface area (Å²) >= 11 is 0. The second-order valence-electron chi connectivity index (χ2n) is 6.79. The third kappa shape index (κ3) is 4.33. The number of furan rings is 1. The van der Waals surface area contributed by atoms with Crippen LogP contribution >= 0.6 is 0 Å². The van der Waals surface area contributed by atoms with Gasteiger partial charge in [-0.1, -0.05) is 11.6 Å². The number of hydroxylamine groups is 1. The predicted octanol–water partition coefficient (Wildman–Crippen LogP) is 3.61. The van der Waals surface area contributed by atoms with Crippen molar-refractivity contribution in [1.29, 1.82) is 0 Å². The molecule has 0 fully saturated rings. The fourth-order valence-electron chi connectivity index (χ4n) is 3.04. The van der Waals surface area contributed by atoms with E-state index in [2.05, 4.69) is 33.4 Å². The fourth-order valence-corrected chi connectivity index (χ4v) is 3.04. The highest BCUT2D eigenvalue weighted by Gasteiger charge is 2.14. The highest BCUT2D eigenvalue weighted by molar-refractivity contribution is 5.96. The molecule has 0 unspecified atom stereocenters. The Kier molecular flexibility index (Phi) is 5.76. The van der Waals surface area contributed by atoms with Crippen LogP contribution in [0.3, 0.4) is 0 Å². The van der Waals surface area contributed by atoms with E-state index in [0.717, 1.165) is 17.0 Å². The van der Waals surface area contributed by atoms with Gasteiger partial charge in [0.1, 0.15) is 17.0 Å². The van der Waals surface area contributed by atoms with E-state index < -0.39 is 0 Å². The molecule has 8 nitrogen and oxygen atoms in total. The lowest BCUT2D eigenvalue weighted by atomic mass is 10.2. The minimum atomic E-state index is 0.509. The average Bonchev–Trinajstić information content (AvgIpc) is 3.42. The summed E-state index contributed by atoms with van der Waals surface area (Å²) in [6, 6.07) is 11.9. The molecule has 0 atom stereocenters. The van der Waals surface area contributed by atoms with Crippen LogP contribution in [0.4, 0.5) is 0 Å². The van der Waals surface area contributed by atoms with Crippen LogP contribution < -0.4 is 10.2 Å². The van der Waals surface area contributed by atoms with Gasteiger partial charge in [-0.05, 0) is 44.2 Å². The maximum Gasteiger partial charge on any atom is 0.238 e. The molecular weight excluding hydrogens is 382 g/mol. The van der Waals surface area contributed by atoms with E-state index >= 15 is 0 Å². The fraction of sp³-hybridized carbons (Fsp3) is 0.227. The Labute approximate surface area is 174 Å². The van der Waals surface area contributed by atoms with E-state index in [9.17, 15) is 0 Å². The van der Waals surface area contributed by atoms with Gasteiger partial charge in [-0.2, -0.15) is 0 Å². The topological polar surface area (TPSA) is 86.7 Å². The standard InChI is InChI=1S/C13H15N5O2.C9H8O/c1-9-7-18(8-15-9)11-4-3-10(16-13(11)19-2)12-14-5-6-20-17-12;1-7-2-3-9-8(6-7)4-5-10-9/h3-4,7-8H,5-6H2,1-2H3,(H,14,17);2-6H,1H3. The molecule has 1 N–H and O–H groups in total. The molecule has 0 aliphatic carbocycles. The summed E-state index contributed by atoms with van der Waals surface area (Å²) in [5.41, 5.74) is 7.44. The first kappa shape index (κ1) is 19.7. The molecule has 0 radical (unpaired) electrons. The number of aromatic nitrogens is 3. The molecule has 8 heteroatoms. The van der Waals surface area contributed by atoms with E-state index in [1.54, 1.807) is 19.7 Å². The lowest BCUT2D eigenvalue weighted by Gasteiger charge is -2.15. The number of hydrogen-bond donors (Lipinski definition) is 1. The van der Waals surface area contributed by atoms with Crippen molar-refractivity contribution >= 4 is 16.8 Å². The van der Waals surface area contributed by atoms with Gasteiger partial charge in [0.25, 0.3) is 0 Å². The summed E-state index contributed by atoms with van der Waals surface area (Å²) in [6.45, 7) is 5.19. The normalized spacial score (nSPS) is 13.2.